The fourth-order valence-electron chi connectivity index (χ4n) is 2.34. The highest BCUT2D eigenvalue weighted by atomic mass is 35.5. The topological polar surface area (TPSA) is 64.5 Å². The first-order valence-corrected chi connectivity index (χ1v) is 8.26. The fraction of sp³-hybridized carbons (Fsp3) is 0.667. The number of halogens is 2. The maximum Gasteiger partial charge on any atom is 0.410 e. The lowest BCUT2D eigenvalue weighted by molar-refractivity contribution is 0.00879. The molecule has 1 aliphatic rings. The van der Waals surface area contributed by atoms with E-state index in [0.29, 0.717) is 18.7 Å². The van der Waals surface area contributed by atoms with E-state index in [1.165, 1.54) is 6.20 Å². The molecule has 8 heteroatoms. The summed E-state index contributed by atoms with van der Waals surface area (Å²) in [5.74, 6) is 0. The van der Waals surface area contributed by atoms with Crippen molar-refractivity contribution in [3.8, 4) is 0 Å². The average molecular weight is 362 g/mol. The summed E-state index contributed by atoms with van der Waals surface area (Å²) in [7, 11) is 0. The molecule has 0 N–H and O–H groups in total. The molecule has 2 heterocycles. The molecule has 0 radical (unpaired) electrons. The summed E-state index contributed by atoms with van der Waals surface area (Å²) >= 11 is 11.6. The zero-order valence-electron chi connectivity index (χ0n) is 13.5. The van der Waals surface area contributed by atoms with Crippen LogP contribution in [-0.4, -0.2) is 45.8 Å². The first kappa shape index (κ1) is 18.2. The van der Waals surface area contributed by atoms with E-state index in [4.69, 9.17) is 32.7 Å². The van der Waals surface area contributed by atoms with Gasteiger partial charge in [-0.3, -0.25) is 0 Å². The number of carbonyl (C=O) groups is 1. The Labute approximate surface area is 146 Å². The Balaban J connectivity index is 1.85. The molecule has 0 aliphatic carbocycles. The first-order valence-electron chi connectivity index (χ1n) is 7.50. The highest BCUT2D eigenvalue weighted by Gasteiger charge is 2.32. The first-order chi connectivity index (χ1) is 10.8. The van der Waals surface area contributed by atoms with Gasteiger partial charge in [0, 0.05) is 18.3 Å². The summed E-state index contributed by atoms with van der Waals surface area (Å²) in [6, 6.07) is 0.0110. The number of aromatic nitrogens is 2. The average Bonchev–Trinajstić information content (AvgIpc) is 2.88. The number of hydrogen-bond acceptors (Lipinski definition) is 5. The van der Waals surface area contributed by atoms with Crippen molar-refractivity contribution >= 4 is 29.3 Å². The second-order valence-electron chi connectivity index (χ2n) is 6.44. The lowest BCUT2D eigenvalue weighted by Crippen LogP contribution is -2.41. The van der Waals surface area contributed by atoms with Gasteiger partial charge in [-0.15, -0.1) is 0 Å². The van der Waals surface area contributed by atoms with E-state index in [0.717, 1.165) is 12.8 Å². The molecule has 0 spiro atoms. The van der Waals surface area contributed by atoms with Crippen LogP contribution in [0.15, 0.2) is 6.20 Å². The van der Waals surface area contributed by atoms with Gasteiger partial charge in [0.2, 0.25) is 5.28 Å². The minimum atomic E-state index is -0.501. The van der Waals surface area contributed by atoms with E-state index in [1.54, 1.807) is 4.90 Å². The van der Waals surface area contributed by atoms with Crippen LogP contribution in [0.5, 0.6) is 0 Å². The summed E-state index contributed by atoms with van der Waals surface area (Å²) < 4.78 is 11.1. The van der Waals surface area contributed by atoms with Crippen molar-refractivity contribution in [3.63, 3.8) is 0 Å². The fourth-order valence-corrected chi connectivity index (χ4v) is 2.70. The molecule has 1 atom stereocenters. The molecular weight excluding hydrogens is 341 g/mol. The molecule has 23 heavy (non-hydrogen) atoms. The van der Waals surface area contributed by atoms with Crippen LogP contribution < -0.4 is 0 Å². The van der Waals surface area contributed by atoms with E-state index in [-0.39, 0.29) is 29.2 Å². The molecule has 1 fully saturated rings. The molecule has 1 amide bonds. The van der Waals surface area contributed by atoms with Crippen LogP contribution in [-0.2, 0) is 16.1 Å². The molecule has 1 saturated heterocycles. The van der Waals surface area contributed by atoms with Crippen molar-refractivity contribution in [1.82, 2.24) is 14.9 Å². The van der Waals surface area contributed by atoms with Crippen LogP contribution in [0.4, 0.5) is 4.79 Å². The Morgan fingerprint density at radius 1 is 1.43 bits per heavy atom. The number of hydrogen-bond donors (Lipinski definition) is 0. The molecule has 1 aliphatic heterocycles. The van der Waals surface area contributed by atoms with Gasteiger partial charge in [0.1, 0.15) is 10.8 Å². The molecule has 1 unspecified atom stereocenters. The third-order valence-electron chi connectivity index (χ3n) is 3.36. The van der Waals surface area contributed by atoms with Gasteiger partial charge in [-0.2, -0.15) is 0 Å². The SMILES string of the molecule is CC(C)(C)OC(=O)N1CCCC1COCc1cnc(Cl)nc1Cl. The predicted octanol–water partition coefficient (Wildman–Crippen LogP) is 3.70. The quantitative estimate of drug-likeness (QED) is 0.604. The van der Waals surface area contributed by atoms with Crippen LogP contribution in [0.3, 0.4) is 0 Å². The van der Waals surface area contributed by atoms with Crippen LogP contribution >= 0.6 is 23.2 Å². The maximum absolute atomic E-state index is 12.2. The highest BCUT2D eigenvalue weighted by Crippen LogP contribution is 2.22. The van der Waals surface area contributed by atoms with E-state index in [1.807, 2.05) is 20.8 Å². The van der Waals surface area contributed by atoms with E-state index < -0.39 is 5.60 Å². The Kier molecular flexibility index (Phi) is 6.06. The van der Waals surface area contributed by atoms with Crippen molar-refractivity contribution in [1.29, 1.82) is 0 Å². The third kappa shape index (κ3) is 5.48. The standard InChI is InChI=1S/C15H21Cl2N3O3/c1-15(2,3)23-14(21)20-6-4-5-11(20)9-22-8-10-7-18-13(17)19-12(10)16/h7,11H,4-6,8-9H2,1-3H3. The minimum absolute atomic E-state index is 0.0110. The van der Waals surface area contributed by atoms with Crippen LogP contribution in [0.2, 0.25) is 10.4 Å². The van der Waals surface area contributed by atoms with Gasteiger partial charge < -0.3 is 14.4 Å². The molecule has 6 nitrogen and oxygen atoms in total. The summed E-state index contributed by atoms with van der Waals surface area (Å²) in [6.07, 6.45) is 3.08. The molecule has 1 aromatic heterocycles. The number of amides is 1. The van der Waals surface area contributed by atoms with Gasteiger partial charge in [0.25, 0.3) is 0 Å². The van der Waals surface area contributed by atoms with E-state index >= 15 is 0 Å². The second kappa shape index (κ2) is 7.64. The molecule has 0 aromatic carbocycles. The molecular formula is C15H21Cl2N3O3. The zero-order chi connectivity index (χ0) is 17.0. The molecule has 1 aromatic rings. The van der Waals surface area contributed by atoms with Gasteiger partial charge in [0.05, 0.1) is 19.3 Å². The summed E-state index contributed by atoms with van der Waals surface area (Å²) in [5, 5.41) is 0.381. The zero-order valence-corrected chi connectivity index (χ0v) is 15.0. The number of carbonyl (C=O) groups excluding carboxylic acids is 1. The van der Waals surface area contributed by atoms with Crippen LogP contribution in [0.1, 0.15) is 39.2 Å². The van der Waals surface area contributed by atoms with Gasteiger partial charge >= 0.3 is 6.09 Å². The van der Waals surface area contributed by atoms with Crippen LogP contribution in [0.25, 0.3) is 0 Å². The normalized spacial score (nSPS) is 18.3. The Hall–Kier alpha value is -1.11. The minimum Gasteiger partial charge on any atom is -0.444 e. The Bertz CT molecular complexity index is 563. The number of nitrogens with zero attached hydrogens (tertiary/aromatic N) is 3. The number of ether oxygens (including phenoxy) is 2. The Morgan fingerprint density at radius 2 is 2.17 bits per heavy atom. The van der Waals surface area contributed by atoms with Crippen molar-refractivity contribution in [2.75, 3.05) is 13.2 Å². The van der Waals surface area contributed by atoms with Crippen molar-refractivity contribution in [2.45, 2.75) is 51.9 Å². The summed E-state index contributed by atoms with van der Waals surface area (Å²) in [6.45, 7) is 6.94. The van der Waals surface area contributed by atoms with Gasteiger partial charge in [-0.05, 0) is 45.2 Å². The van der Waals surface area contributed by atoms with Crippen LogP contribution in [0, 0.1) is 0 Å². The van der Waals surface area contributed by atoms with Crippen molar-refractivity contribution in [2.24, 2.45) is 0 Å². The van der Waals surface area contributed by atoms with E-state index in [9.17, 15) is 4.79 Å². The summed E-state index contributed by atoms with van der Waals surface area (Å²) in [4.78, 5) is 21.7. The molecule has 2 rings (SSSR count). The summed E-state index contributed by atoms with van der Waals surface area (Å²) in [5.41, 5.74) is 0.164. The Morgan fingerprint density at radius 3 is 2.83 bits per heavy atom. The molecule has 0 bridgehead atoms. The van der Waals surface area contributed by atoms with Gasteiger partial charge in [-0.1, -0.05) is 11.6 Å². The molecule has 128 valence electrons. The lowest BCUT2D eigenvalue weighted by atomic mass is 10.2. The highest BCUT2D eigenvalue weighted by molar-refractivity contribution is 6.32. The lowest BCUT2D eigenvalue weighted by Gasteiger charge is -2.28. The third-order valence-corrected chi connectivity index (χ3v) is 3.86. The number of likely N-dealkylation sites (tertiary alicyclic amines) is 1. The van der Waals surface area contributed by atoms with Gasteiger partial charge in [-0.25, -0.2) is 14.8 Å². The smallest absolute Gasteiger partial charge is 0.410 e. The van der Waals surface area contributed by atoms with Crippen molar-refractivity contribution in [3.05, 3.63) is 22.2 Å². The second-order valence-corrected chi connectivity index (χ2v) is 7.14. The predicted molar refractivity (Wildman–Crippen MR) is 87.7 cm³/mol. The molecule has 0 saturated carbocycles. The van der Waals surface area contributed by atoms with E-state index in [2.05, 4.69) is 9.97 Å². The number of rotatable bonds is 4. The van der Waals surface area contributed by atoms with Crippen molar-refractivity contribution < 1.29 is 14.3 Å². The largest absolute Gasteiger partial charge is 0.444 e. The van der Waals surface area contributed by atoms with Gasteiger partial charge in [0.15, 0.2) is 0 Å². The monoisotopic (exact) mass is 361 g/mol. The maximum atomic E-state index is 12.2.